The highest BCUT2D eigenvalue weighted by Crippen LogP contribution is 2.04. The Labute approximate surface area is 107 Å². The maximum absolute atomic E-state index is 11.9. The summed E-state index contributed by atoms with van der Waals surface area (Å²) >= 11 is 0. The van der Waals surface area contributed by atoms with Crippen LogP contribution in [0.25, 0.3) is 0 Å². The van der Waals surface area contributed by atoms with Crippen molar-refractivity contribution in [2.75, 3.05) is 0 Å². The Morgan fingerprint density at radius 1 is 1.28 bits per heavy atom. The number of amides is 1. The first-order valence-electron chi connectivity index (χ1n) is 6.06. The average Bonchev–Trinajstić information content (AvgIpc) is 2.84. The van der Waals surface area contributed by atoms with Crippen LogP contribution in [0.2, 0.25) is 0 Å². The Hall–Kier alpha value is -2.10. The van der Waals surface area contributed by atoms with E-state index in [4.69, 9.17) is 0 Å². The zero-order valence-electron chi connectivity index (χ0n) is 10.7. The molecule has 0 saturated carbocycles. The molecule has 0 aliphatic rings. The number of rotatable bonds is 4. The van der Waals surface area contributed by atoms with E-state index < -0.39 is 0 Å². The largest absolute Gasteiger partial charge is 0.346 e. The molecule has 18 heavy (non-hydrogen) atoms. The summed E-state index contributed by atoms with van der Waals surface area (Å²) in [5, 5.41) is 7.06. The number of hydrogen-bond donors (Lipinski definition) is 1. The molecular formula is C14H17N3O. The van der Waals surface area contributed by atoms with Crippen LogP contribution in [-0.2, 0) is 13.1 Å². The van der Waals surface area contributed by atoms with E-state index in [0.717, 1.165) is 17.8 Å². The van der Waals surface area contributed by atoms with Gasteiger partial charge >= 0.3 is 0 Å². The molecule has 0 saturated heterocycles. The fourth-order valence-electron chi connectivity index (χ4n) is 1.77. The second kappa shape index (κ2) is 5.49. The van der Waals surface area contributed by atoms with Crippen molar-refractivity contribution in [1.82, 2.24) is 15.1 Å². The summed E-state index contributed by atoms with van der Waals surface area (Å²) in [5.41, 5.74) is 2.84. The summed E-state index contributed by atoms with van der Waals surface area (Å²) in [6.07, 6.45) is 1.75. The Bertz CT molecular complexity index is 528. The highest BCUT2D eigenvalue weighted by Gasteiger charge is 2.06. The molecule has 1 N–H and O–H groups in total. The van der Waals surface area contributed by atoms with Crippen LogP contribution >= 0.6 is 0 Å². The fourth-order valence-corrected chi connectivity index (χ4v) is 1.77. The SMILES string of the molecule is CCn1nccc1CNC(=O)c1ccc(C)cc1. The van der Waals surface area contributed by atoms with Crippen molar-refractivity contribution in [3.63, 3.8) is 0 Å². The molecule has 0 radical (unpaired) electrons. The first kappa shape index (κ1) is 12.4. The highest BCUT2D eigenvalue weighted by atomic mass is 16.1. The molecule has 1 aromatic carbocycles. The Morgan fingerprint density at radius 3 is 2.67 bits per heavy atom. The predicted octanol–water partition coefficient (Wildman–Crippen LogP) is 2.14. The van der Waals surface area contributed by atoms with Gasteiger partial charge in [0.15, 0.2) is 0 Å². The molecule has 1 amide bonds. The third-order valence-electron chi connectivity index (χ3n) is 2.85. The minimum absolute atomic E-state index is 0.0566. The van der Waals surface area contributed by atoms with Crippen molar-refractivity contribution in [3.8, 4) is 0 Å². The summed E-state index contributed by atoms with van der Waals surface area (Å²) in [5.74, 6) is -0.0566. The van der Waals surface area contributed by atoms with E-state index in [0.29, 0.717) is 12.1 Å². The molecule has 0 bridgehead atoms. The normalized spacial score (nSPS) is 10.3. The molecular weight excluding hydrogens is 226 g/mol. The second-order valence-electron chi connectivity index (χ2n) is 4.19. The molecule has 2 aromatic rings. The Kier molecular flexibility index (Phi) is 3.77. The van der Waals surface area contributed by atoms with Gasteiger partial charge in [-0.15, -0.1) is 0 Å². The van der Waals surface area contributed by atoms with Crippen LogP contribution in [0.4, 0.5) is 0 Å². The molecule has 1 aromatic heterocycles. The second-order valence-corrected chi connectivity index (χ2v) is 4.19. The Balaban J connectivity index is 1.98. The van der Waals surface area contributed by atoms with Gasteiger partial charge in [-0.05, 0) is 32.0 Å². The topological polar surface area (TPSA) is 46.9 Å². The minimum atomic E-state index is -0.0566. The van der Waals surface area contributed by atoms with Crippen LogP contribution < -0.4 is 5.32 Å². The van der Waals surface area contributed by atoms with Crippen molar-refractivity contribution in [2.24, 2.45) is 0 Å². The van der Waals surface area contributed by atoms with Gasteiger partial charge in [-0.3, -0.25) is 9.48 Å². The average molecular weight is 243 g/mol. The summed E-state index contributed by atoms with van der Waals surface area (Å²) in [6.45, 7) is 5.34. The smallest absolute Gasteiger partial charge is 0.251 e. The fraction of sp³-hybridized carbons (Fsp3) is 0.286. The third kappa shape index (κ3) is 2.77. The van der Waals surface area contributed by atoms with Crippen molar-refractivity contribution >= 4 is 5.91 Å². The van der Waals surface area contributed by atoms with E-state index in [2.05, 4.69) is 10.4 Å². The minimum Gasteiger partial charge on any atom is -0.346 e. The molecule has 4 nitrogen and oxygen atoms in total. The van der Waals surface area contributed by atoms with Gasteiger partial charge < -0.3 is 5.32 Å². The van der Waals surface area contributed by atoms with Crippen molar-refractivity contribution in [2.45, 2.75) is 26.9 Å². The molecule has 2 rings (SSSR count). The molecule has 0 aliphatic heterocycles. The van der Waals surface area contributed by atoms with Gasteiger partial charge in [0.2, 0.25) is 0 Å². The van der Waals surface area contributed by atoms with E-state index in [-0.39, 0.29) is 5.91 Å². The summed E-state index contributed by atoms with van der Waals surface area (Å²) < 4.78 is 1.87. The number of carbonyl (C=O) groups is 1. The van der Waals surface area contributed by atoms with E-state index in [9.17, 15) is 4.79 Å². The molecule has 0 unspecified atom stereocenters. The number of carbonyl (C=O) groups excluding carboxylic acids is 1. The van der Waals surface area contributed by atoms with Gasteiger partial charge in [-0.25, -0.2) is 0 Å². The van der Waals surface area contributed by atoms with Crippen LogP contribution in [0.5, 0.6) is 0 Å². The summed E-state index contributed by atoms with van der Waals surface area (Å²) in [7, 11) is 0. The van der Waals surface area contributed by atoms with Gasteiger partial charge in [0.25, 0.3) is 5.91 Å². The van der Waals surface area contributed by atoms with Crippen LogP contribution in [0.15, 0.2) is 36.5 Å². The lowest BCUT2D eigenvalue weighted by Gasteiger charge is -2.07. The maximum Gasteiger partial charge on any atom is 0.251 e. The van der Waals surface area contributed by atoms with Crippen LogP contribution in [0.3, 0.4) is 0 Å². The molecule has 94 valence electrons. The van der Waals surface area contributed by atoms with Crippen LogP contribution in [0.1, 0.15) is 28.5 Å². The number of benzene rings is 1. The van der Waals surface area contributed by atoms with Gasteiger partial charge in [-0.2, -0.15) is 5.10 Å². The molecule has 0 spiro atoms. The number of nitrogens with zero attached hydrogens (tertiary/aromatic N) is 2. The van der Waals surface area contributed by atoms with Gasteiger partial charge in [0.05, 0.1) is 12.2 Å². The van der Waals surface area contributed by atoms with Crippen molar-refractivity contribution in [1.29, 1.82) is 0 Å². The molecule has 0 atom stereocenters. The third-order valence-corrected chi connectivity index (χ3v) is 2.85. The lowest BCUT2D eigenvalue weighted by molar-refractivity contribution is 0.0950. The standard InChI is InChI=1S/C14H17N3O/c1-3-17-13(8-9-16-17)10-15-14(18)12-6-4-11(2)5-7-12/h4-9H,3,10H2,1-2H3,(H,15,18). The molecule has 1 heterocycles. The first-order valence-corrected chi connectivity index (χ1v) is 6.06. The highest BCUT2D eigenvalue weighted by molar-refractivity contribution is 5.94. The number of hydrogen-bond acceptors (Lipinski definition) is 2. The molecule has 0 aliphatic carbocycles. The van der Waals surface area contributed by atoms with E-state index in [1.54, 1.807) is 6.20 Å². The lowest BCUT2D eigenvalue weighted by Crippen LogP contribution is -2.24. The summed E-state index contributed by atoms with van der Waals surface area (Å²) in [4.78, 5) is 11.9. The van der Waals surface area contributed by atoms with Crippen molar-refractivity contribution < 1.29 is 4.79 Å². The van der Waals surface area contributed by atoms with Gasteiger partial charge in [0, 0.05) is 18.3 Å². The molecule has 0 fully saturated rings. The van der Waals surface area contributed by atoms with Crippen molar-refractivity contribution in [3.05, 3.63) is 53.3 Å². The monoisotopic (exact) mass is 243 g/mol. The first-order chi connectivity index (χ1) is 8.70. The number of aryl methyl sites for hydroxylation is 2. The van der Waals surface area contributed by atoms with E-state index in [1.807, 2.05) is 48.9 Å². The maximum atomic E-state index is 11.9. The predicted molar refractivity (Wildman–Crippen MR) is 70.3 cm³/mol. The number of aromatic nitrogens is 2. The Morgan fingerprint density at radius 2 is 2.00 bits per heavy atom. The van der Waals surface area contributed by atoms with Crippen LogP contribution in [0, 0.1) is 6.92 Å². The van der Waals surface area contributed by atoms with Gasteiger partial charge in [0.1, 0.15) is 0 Å². The van der Waals surface area contributed by atoms with E-state index >= 15 is 0 Å². The molecule has 4 heteroatoms. The summed E-state index contributed by atoms with van der Waals surface area (Å²) in [6, 6.07) is 9.46. The quantitative estimate of drug-likeness (QED) is 0.894. The van der Waals surface area contributed by atoms with Gasteiger partial charge in [-0.1, -0.05) is 17.7 Å². The zero-order valence-corrected chi connectivity index (χ0v) is 10.7. The van der Waals surface area contributed by atoms with Crippen LogP contribution in [-0.4, -0.2) is 15.7 Å². The van der Waals surface area contributed by atoms with E-state index in [1.165, 1.54) is 0 Å². The number of nitrogens with one attached hydrogen (secondary N) is 1. The lowest BCUT2D eigenvalue weighted by atomic mass is 10.1. The zero-order chi connectivity index (χ0) is 13.0.